The Hall–Kier alpha value is -2.64. The molecule has 0 saturated heterocycles. The van der Waals surface area contributed by atoms with Gasteiger partial charge in [0.25, 0.3) is 0 Å². The van der Waals surface area contributed by atoms with Gasteiger partial charge in [0.1, 0.15) is 6.61 Å². The molecule has 0 bridgehead atoms. The number of nitrogens with one attached hydrogen (secondary N) is 2. The van der Waals surface area contributed by atoms with Gasteiger partial charge < -0.3 is 19.9 Å². The van der Waals surface area contributed by atoms with Crippen LogP contribution in [-0.4, -0.2) is 35.4 Å². The average molecular weight is 322 g/mol. The number of carbonyl (C=O) groups excluding carboxylic acids is 1. The number of carbonyl (C=O) groups is 1. The molecule has 1 aromatic carbocycles. The van der Waals surface area contributed by atoms with Gasteiger partial charge in [-0.2, -0.15) is 4.98 Å². The second-order valence-electron chi connectivity index (χ2n) is 5.03. The van der Waals surface area contributed by atoms with E-state index in [1.165, 1.54) is 12.1 Å². The van der Waals surface area contributed by atoms with Crippen molar-refractivity contribution in [2.24, 2.45) is 0 Å². The highest BCUT2D eigenvalue weighted by atomic mass is 19.1. The maximum Gasteiger partial charge on any atom is 0.315 e. The minimum atomic E-state index is -0.431. The topological polar surface area (TPSA) is 89.3 Å². The zero-order chi connectivity index (χ0) is 16.7. The van der Waals surface area contributed by atoms with E-state index in [9.17, 15) is 9.18 Å². The van der Waals surface area contributed by atoms with Crippen LogP contribution in [0.4, 0.5) is 9.18 Å². The number of hydrogen-bond donors (Lipinski definition) is 2. The van der Waals surface area contributed by atoms with E-state index < -0.39 is 5.82 Å². The molecule has 0 saturated carbocycles. The Morgan fingerprint density at radius 1 is 1.43 bits per heavy atom. The number of aromatic nitrogens is 2. The van der Waals surface area contributed by atoms with Crippen molar-refractivity contribution >= 4 is 6.03 Å². The van der Waals surface area contributed by atoms with Crippen LogP contribution >= 0.6 is 0 Å². The van der Waals surface area contributed by atoms with E-state index in [2.05, 4.69) is 20.8 Å². The summed E-state index contributed by atoms with van der Waals surface area (Å²) < 4.78 is 23.7. The second-order valence-corrected chi connectivity index (χ2v) is 5.03. The van der Waals surface area contributed by atoms with E-state index in [1.54, 1.807) is 26.0 Å². The molecule has 0 fully saturated rings. The van der Waals surface area contributed by atoms with Gasteiger partial charge in [-0.25, -0.2) is 9.18 Å². The molecule has 0 aliphatic heterocycles. The van der Waals surface area contributed by atoms with E-state index in [0.717, 1.165) is 0 Å². The summed E-state index contributed by atoms with van der Waals surface area (Å²) in [6.07, 6.45) is 0.453. The number of hydrogen-bond acceptors (Lipinski definition) is 5. The Morgan fingerprint density at radius 2 is 2.22 bits per heavy atom. The van der Waals surface area contributed by atoms with Crippen LogP contribution in [0, 0.1) is 12.7 Å². The molecule has 124 valence electrons. The smallest absolute Gasteiger partial charge is 0.315 e. The molecule has 1 atom stereocenters. The van der Waals surface area contributed by atoms with Gasteiger partial charge in [0.2, 0.25) is 5.89 Å². The Labute approximate surface area is 133 Å². The highest BCUT2D eigenvalue weighted by molar-refractivity contribution is 5.74. The second kappa shape index (κ2) is 8.11. The number of urea groups is 1. The molecule has 0 aliphatic rings. The van der Waals surface area contributed by atoms with Crippen LogP contribution in [0.5, 0.6) is 5.75 Å². The van der Waals surface area contributed by atoms with Gasteiger partial charge in [0.15, 0.2) is 17.4 Å². The standard InChI is InChI=1S/C15H19FN4O3/c1-10(9-22-13-6-4-3-5-12(13)16)18-15(21)17-8-7-14-19-11(2)20-23-14/h3-6,10H,7-9H2,1-2H3,(H2,17,18,21). The number of rotatable bonds is 7. The number of ether oxygens (including phenoxy) is 1. The lowest BCUT2D eigenvalue weighted by atomic mass is 10.3. The third kappa shape index (κ3) is 5.57. The van der Waals surface area contributed by atoms with Crippen molar-refractivity contribution in [2.75, 3.05) is 13.2 Å². The molecule has 0 aliphatic carbocycles. The molecule has 23 heavy (non-hydrogen) atoms. The van der Waals surface area contributed by atoms with Gasteiger partial charge in [-0.3, -0.25) is 0 Å². The predicted octanol–water partition coefficient (Wildman–Crippen LogP) is 1.83. The summed E-state index contributed by atoms with van der Waals surface area (Å²) in [5.41, 5.74) is 0. The van der Waals surface area contributed by atoms with Crippen molar-refractivity contribution < 1.29 is 18.4 Å². The van der Waals surface area contributed by atoms with Crippen molar-refractivity contribution in [2.45, 2.75) is 26.3 Å². The maximum absolute atomic E-state index is 13.4. The zero-order valence-corrected chi connectivity index (χ0v) is 13.0. The lowest BCUT2D eigenvalue weighted by molar-refractivity contribution is 0.224. The lowest BCUT2D eigenvalue weighted by Gasteiger charge is -2.15. The third-order valence-electron chi connectivity index (χ3n) is 2.90. The first-order chi connectivity index (χ1) is 11.0. The van der Waals surface area contributed by atoms with E-state index in [1.807, 2.05) is 0 Å². The highest BCUT2D eigenvalue weighted by Gasteiger charge is 2.10. The van der Waals surface area contributed by atoms with Crippen LogP contribution in [0.3, 0.4) is 0 Å². The molecule has 0 spiro atoms. The van der Waals surface area contributed by atoms with Gasteiger partial charge in [0.05, 0.1) is 6.04 Å². The van der Waals surface area contributed by atoms with E-state index in [4.69, 9.17) is 9.26 Å². The first kappa shape index (κ1) is 16.7. The van der Waals surface area contributed by atoms with Crippen LogP contribution in [-0.2, 0) is 6.42 Å². The molecule has 2 aromatic rings. The van der Waals surface area contributed by atoms with Crippen LogP contribution in [0.2, 0.25) is 0 Å². The molecule has 8 heteroatoms. The Bertz CT molecular complexity index is 647. The van der Waals surface area contributed by atoms with Gasteiger partial charge in [-0.1, -0.05) is 17.3 Å². The minimum Gasteiger partial charge on any atom is -0.488 e. The predicted molar refractivity (Wildman–Crippen MR) is 80.6 cm³/mol. The summed E-state index contributed by atoms with van der Waals surface area (Å²) in [6, 6.07) is 5.50. The monoisotopic (exact) mass is 322 g/mol. The molecule has 2 rings (SSSR count). The van der Waals surface area contributed by atoms with Crippen LogP contribution in [0.15, 0.2) is 28.8 Å². The molecule has 1 unspecified atom stereocenters. The molecule has 7 nitrogen and oxygen atoms in total. The Morgan fingerprint density at radius 3 is 2.91 bits per heavy atom. The molecule has 1 aromatic heterocycles. The van der Waals surface area contributed by atoms with E-state index in [-0.39, 0.29) is 24.4 Å². The number of benzene rings is 1. The fraction of sp³-hybridized carbons (Fsp3) is 0.400. The van der Waals surface area contributed by atoms with Gasteiger partial charge in [0, 0.05) is 13.0 Å². The molecule has 1 heterocycles. The number of amides is 2. The van der Waals surface area contributed by atoms with Crippen LogP contribution in [0.1, 0.15) is 18.6 Å². The first-order valence-electron chi connectivity index (χ1n) is 7.25. The zero-order valence-electron chi connectivity index (χ0n) is 13.0. The molecule has 2 amide bonds. The maximum atomic E-state index is 13.4. The Kier molecular flexibility index (Phi) is 5.90. The minimum absolute atomic E-state index is 0.160. The summed E-state index contributed by atoms with van der Waals surface area (Å²) in [6.45, 7) is 4.03. The summed E-state index contributed by atoms with van der Waals surface area (Å²) in [5, 5.41) is 9.03. The molecular formula is C15H19FN4O3. The number of halogens is 1. The fourth-order valence-corrected chi connectivity index (χ4v) is 1.82. The van der Waals surface area contributed by atoms with Crippen molar-refractivity contribution in [1.29, 1.82) is 0 Å². The lowest BCUT2D eigenvalue weighted by Crippen LogP contribution is -2.43. The normalized spacial score (nSPS) is 11.8. The van der Waals surface area contributed by atoms with Gasteiger partial charge >= 0.3 is 6.03 Å². The quantitative estimate of drug-likeness (QED) is 0.812. The van der Waals surface area contributed by atoms with Gasteiger partial charge in [-0.15, -0.1) is 0 Å². The number of nitrogens with zero attached hydrogens (tertiary/aromatic N) is 2. The Balaban J connectivity index is 1.65. The van der Waals surface area contributed by atoms with Crippen LogP contribution < -0.4 is 15.4 Å². The van der Waals surface area contributed by atoms with Crippen LogP contribution in [0.25, 0.3) is 0 Å². The SMILES string of the molecule is Cc1noc(CCNC(=O)NC(C)COc2ccccc2F)n1. The average Bonchev–Trinajstić information content (AvgIpc) is 2.92. The van der Waals surface area contributed by atoms with E-state index in [0.29, 0.717) is 24.7 Å². The molecule has 0 radical (unpaired) electrons. The van der Waals surface area contributed by atoms with Gasteiger partial charge in [-0.05, 0) is 26.0 Å². The summed E-state index contributed by atoms with van der Waals surface area (Å²) in [5.74, 6) is 0.759. The summed E-state index contributed by atoms with van der Waals surface area (Å²) >= 11 is 0. The van der Waals surface area contributed by atoms with Crippen molar-refractivity contribution in [3.8, 4) is 5.75 Å². The highest BCUT2D eigenvalue weighted by Crippen LogP contribution is 2.15. The summed E-state index contributed by atoms with van der Waals surface area (Å²) in [4.78, 5) is 15.7. The largest absolute Gasteiger partial charge is 0.488 e. The van der Waals surface area contributed by atoms with Crippen molar-refractivity contribution in [1.82, 2.24) is 20.8 Å². The van der Waals surface area contributed by atoms with Crippen molar-refractivity contribution in [3.05, 3.63) is 41.8 Å². The summed E-state index contributed by atoms with van der Waals surface area (Å²) in [7, 11) is 0. The third-order valence-corrected chi connectivity index (χ3v) is 2.90. The molecule has 2 N–H and O–H groups in total. The van der Waals surface area contributed by atoms with Crippen molar-refractivity contribution in [3.63, 3.8) is 0 Å². The fourth-order valence-electron chi connectivity index (χ4n) is 1.82. The number of aryl methyl sites for hydroxylation is 1. The molecular weight excluding hydrogens is 303 g/mol. The number of para-hydroxylation sites is 1. The van der Waals surface area contributed by atoms with E-state index >= 15 is 0 Å². The first-order valence-corrected chi connectivity index (χ1v) is 7.25.